The van der Waals surface area contributed by atoms with Crippen LogP contribution in [0, 0.1) is 0 Å². The highest BCUT2D eigenvalue weighted by atomic mass is 19.4. The third kappa shape index (κ3) is 4.64. The van der Waals surface area contributed by atoms with Crippen LogP contribution in [0.5, 0.6) is 5.75 Å². The van der Waals surface area contributed by atoms with Crippen molar-refractivity contribution in [2.24, 2.45) is 4.99 Å². The Hall–Kier alpha value is -1.73. The Kier molecular flexibility index (Phi) is 3.88. The van der Waals surface area contributed by atoms with Crippen molar-refractivity contribution in [1.82, 2.24) is 0 Å². The third-order valence-electron chi connectivity index (χ3n) is 1.76. The first-order chi connectivity index (χ1) is 8.08. The molecule has 0 aliphatic carbocycles. The summed E-state index contributed by atoms with van der Waals surface area (Å²) in [6, 6.07) is 3.99. The van der Waals surface area contributed by atoms with Gasteiger partial charge in [-0.05, 0) is 19.1 Å². The maximum atomic E-state index is 12.2. The van der Waals surface area contributed by atoms with Crippen LogP contribution in [0.15, 0.2) is 29.3 Å². The highest BCUT2D eigenvalue weighted by Gasteiger charge is 2.32. The summed E-state index contributed by atoms with van der Waals surface area (Å²) in [5.41, 5.74) is -1.43. The molecule has 0 saturated carbocycles. The molecule has 100 valence electrons. The number of ether oxygens (including phenoxy) is 1. The lowest BCUT2D eigenvalue weighted by Gasteiger charge is -2.09. The summed E-state index contributed by atoms with van der Waals surface area (Å²) in [7, 11) is 0. The molecular weight excluding hydrogens is 264 g/mol. The SMILES string of the molecule is C/C(=N/c1cccc(OC(F)(F)F)c1)C(F)(F)F. The Labute approximate surface area is 97.9 Å². The Morgan fingerprint density at radius 1 is 1.11 bits per heavy atom. The van der Waals surface area contributed by atoms with Crippen LogP contribution in [-0.2, 0) is 0 Å². The van der Waals surface area contributed by atoms with Crippen molar-refractivity contribution in [3.05, 3.63) is 24.3 Å². The van der Waals surface area contributed by atoms with Gasteiger partial charge in [-0.25, -0.2) is 4.99 Å². The number of benzene rings is 1. The molecule has 0 fully saturated rings. The molecule has 0 bridgehead atoms. The third-order valence-corrected chi connectivity index (χ3v) is 1.76. The quantitative estimate of drug-likeness (QED) is 0.582. The van der Waals surface area contributed by atoms with Crippen molar-refractivity contribution in [1.29, 1.82) is 0 Å². The Morgan fingerprint density at radius 3 is 2.22 bits per heavy atom. The summed E-state index contributed by atoms with van der Waals surface area (Å²) >= 11 is 0. The molecule has 0 aliphatic rings. The number of aliphatic imine (C=N–C) groups is 1. The van der Waals surface area contributed by atoms with Crippen molar-refractivity contribution in [3.63, 3.8) is 0 Å². The zero-order chi connectivity index (χ0) is 14.0. The number of rotatable bonds is 2. The van der Waals surface area contributed by atoms with Gasteiger partial charge in [-0.3, -0.25) is 0 Å². The molecule has 8 heteroatoms. The van der Waals surface area contributed by atoms with E-state index in [4.69, 9.17) is 0 Å². The van der Waals surface area contributed by atoms with E-state index in [1.807, 2.05) is 0 Å². The summed E-state index contributed by atoms with van der Waals surface area (Å²) in [5, 5.41) is 0. The van der Waals surface area contributed by atoms with Gasteiger partial charge in [0.1, 0.15) is 11.5 Å². The number of alkyl halides is 6. The molecule has 0 spiro atoms. The molecule has 0 aromatic heterocycles. The molecule has 0 amide bonds. The summed E-state index contributed by atoms with van der Waals surface area (Å²) < 4.78 is 75.7. The van der Waals surface area contributed by atoms with Crippen LogP contribution in [0.4, 0.5) is 32.0 Å². The molecule has 0 aliphatic heterocycles. The molecule has 2 nitrogen and oxygen atoms in total. The lowest BCUT2D eigenvalue weighted by molar-refractivity contribution is -0.274. The van der Waals surface area contributed by atoms with Crippen LogP contribution >= 0.6 is 0 Å². The first kappa shape index (κ1) is 14.3. The first-order valence-electron chi connectivity index (χ1n) is 4.56. The van der Waals surface area contributed by atoms with E-state index in [1.54, 1.807) is 0 Å². The molecule has 0 radical (unpaired) electrons. The minimum absolute atomic E-state index is 0.272. The average molecular weight is 271 g/mol. The molecule has 0 heterocycles. The zero-order valence-electron chi connectivity index (χ0n) is 8.93. The highest BCUT2D eigenvalue weighted by Crippen LogP contribution is 2.27. The van der Waals surface area contributed by atoms with E-state index < -0.39 is 24.0 Å². The normalized spacial score (nSPS) is 13.6. The highest BCUT2D eigenvalue weighted by molar-refractivity contribution is 5.89. The molecule has 1 aromatic rings. The molecule has 0 unspecified atom stereocenters. The fourth-order valence-electron chi connectivity index (χ4n) is 1.01. The molecule has 0 N–H and O–H groups in total. The fraction of sp³-hybridized carbons (Fsp3) is 0.300. The smallest absolute Gasteiger partial charge is 0.406 e. The van der Waals surface area contributed by atoms with Crippen molar-refractivity contribution < 1.29 is 31.1 Å². The zero-order valence-corrected chi connectivity index (χ0v) is 8.93. The maximum Gasteiger partial charge on any atom is 0.573 e. The Bertz CT molecular complexity index is 448. The van der Waals surface area contributed by atoms with Gasteiger partial charge in [0.2, 0.25) is 0 Å². The van der Waals surface area contributed by atoms with E-state index in [-0.39, 0.29) is 5.69 Å². The van der Waals surface area contributed by atoms with Gasteiger partial charge in [0.05, 0.1) is 5.69 Å². The van der Waals surface area contributed by atoms with Crippen LogP contribution in [-0.4, -0.2) is 18.3 Å². The largest absolute Gasteiger partial charge is 0.573 e. The number of hydrogen-bond acceptors (Lipinski definition) is 2. The lowest BCUT2D eigenvalue weighted by atomic mass is 10.3. The molecule has 0 saturated heterocycles. The Morgan fingerprint density at radius 2 is 1.72 bits per heavy atom. The topological polar surface area (TPSA) is 21.6 Å². The van der Waals surface area contributed by atoms with Crippen molar-refractivity contribution in [2.45, 2.75) is 19.5 Å². The van der Waals surface area contributed by atoms with Gasteiger partial charge in [0, 0.05) is 6.07 Å². The van der Waals surface area contributed by atoms with Gasteiger partial charge >= 0.3 is 12.5 Å². The van der Waals surface area contributed by atoms with Gasteiger partial charge in [0.15, 0.2) is 0 Å². The minimum atomic E-state index is -4.90. The van der Waals surface area contributed by atoms with E-state index in [0.717, 1.165) is 31.2 Å². The summed E-state index contributed by atoms with van der Waals surface area (Å²) in [6.45, 7) is 0.720. The van der Waals surface area contributed by atoms with E-state index in [9.17, 15) is 26.3 Å². The van der Waals surface area contributed by atoms with Crippen molar-refractivity contribution in [3.8, 4) is 5.75 Å². The number of hydrogen-bond donors (Lipinski definition) is 0. The fourth-order valence-corrected chi connectivity index (χ4v) is 1.01. The van der Waals surface area contributed by atoms with Gasteiger partial charge in [0.25, 0.3) is 0 Å². The average Bonchev–Trinajstić information content (AvgIpc) is 2.13. The molecule has 1 rings (SSSR count). The standard InChI is InChI=1S/C10H7F6NO/c1-6(9(11,12)13)17-7-3-2-4-8(5-7)18-10(14,15)16/h2-5H,1H3/b17-6-. The van der Waals surface area contributed by atoms with Crippen molar-refractivity contribution in [2.75, 3.05) is 0 Å². The van der Waals surface area contributed by atoms with Crippen LogP contribution in [0.2, 0.25) is 0 Å². The summed E-state index contributed by atoms with van der Waals surface area (Å²) in [5.74, 6) is -0.626. The molecule has 0 atom stereocenters. The lowest BCUT2D eigenvalue weighted by Crippen LogP contribution is -2.19. The molecule has 18 heavy (non-hydrogen) atoms. The van der Waals surface area contributed by atoms with Gasteiger partial charge < -0.3 is 4.74 Å². The Balaban J connectivity index is 2.96. The number of halogens is 6. The van der Waals surface area contributed by atoms with Gasteiger partial charge in [-0.2, -0.15) is 13.2 Å². The second-order valence-electron chi connectivity index (χ2n) is 3.24. The van der Waals surface area contributed by atoms with E-state index in [0.29, 0.717) is 0 Å². The second kappa shape index (κ2) is 4.87. The van der Waals surface area contributed by atoms with Crippen LogP contribution in [0.25, 0.3) is 0 Å². The van der Waals surface area contributed by atoms with E-state index >= 15 is 0 Å². The van der Waals surface area contributed by atoms with Crippen LogP contribution < -0.4 is 4.74 Å². The van der Waals surface area contributed by atoms with E-state index in [2.05, 4.69) is 9.73 Å². The van der Waals surface area contributed by atoms with Crippen LogP contribution in [0.3, 0.4) is 0 Å². The monoisotopic (exact) mass is 271 g/mol. The predicted octanol–water partition coefficient (Wildman–Crippen LogP) is 4.24. The second-order valence-corrected chi connectivity index (χ2v) is 3.24. The summed E-state index contributed by atoms with van der Waals surface area (Å²) in [4.78, 5) is 3.17. The van der Waals surface area contributed by atoms with Crippen LogP contribution in [0.1, 0.15) is 6.92 Å². The predicted molar refractivity (Wildman–Crippen MR) is 51.9 cm³/mol. The maximum absolute atomic E-state index is 12.2. The van der Waals surface area contributed by atoms with Crippen molar-refractivity contribution >= 4 is 11.4 Å². The number of nitrogens with zero attached hydrogens (tertiary/aromatic N) is 1. The van der Waals surface area contributed by atoms with E-state index in [1.165, 1.54) is 0 Å². The summed E-state index contributed by atoms with van der Waals surface area (Å²) in [6.07, 6.45) is -9.53. The first-order valence-corrected chi connectivity index (χ1v) is 4.56. The van der Waals surface area contributed by atoms with Gasteiger partial charge in [-0.15, -0.1) is 13.2 Å². The molecular formula is C10H7F6NO. The van der Waals surface area contributed by atoms with Gasteiger partial charge in [-0.1, -0.05) is 6.07 Å². The minimum Gasteiger partial charge on any atom is -0.406 e. The molecule has 1 aromatic carbocycles.